The molecule has 21 heavy (non-hydrogen) atoms. The molecular weight excluding hydrogens is 293 g/mol. The fourth-order valence-corrected chi connectivity index (χ4v) is 3.17. The van der Waals surface area contributed by atoms with Crippen LogP contribution < -0.4 is 9.64 Å². The summed E-state index contributed by atoms with van der Waals surface area (Å²) >= 11 is 5.89. The average molecular weight is 308 g/mol. The normalized spacial score (nSPS) is 21.8. The number of carbonyl (C=O) groups excluding carboxylic acids is 1. The third-order valence-corrected chi connectivity index (χ3v) is 4.32. The highest BCUT2D eigenvalue weighted by atomic mass is 35.5. The van der Waals surface area contributed by atoms with Crippen LogP contribution in [0.2, 0.25) is 5.02 Å². The SMILES string of the molecule is COc1cc(N2[C]C3=C(C2=O)C(C)CCC3)c(F)cc1Cl. The molecule has 1 aliphatic heterocycles. The van der Waals surface area contributed by atoms with Crippen LogP contribution in [0.15, 0.2) is 23.3 Å². The molecule has 1 atom stereocenters. The Balaban J connectivity index is 1.99. The van der Waals surface area contributed by atoms with E-state index in [4.69, 9.17) is 16.3 Å². The summed E-state index contributed by atoms with van der Waals surface area (Å²) in [4.78, 5) is 13.8. The molecule has 0 N–H and O–H groups in total. The molecule has 5 heteroatoms. The van der Waals surface area contributed by atoms with E-state index in [-0.39, 0.29) is 22.5 Å². The zero-order chi connectivity index (χ0) is 15.1. The summed E-state index contributed by atoms with van der Waals surface area (Å²) < 4.78 is 19.3. The molecule has 0 saturated heterocycles. The van der Waals surface area contributed by atoms with Gasteiger partial charge in [0.1, 0.15) is 18.1 Å². The lowest BCUT2D eigenvalue weighted by atomic mass is 9.85. The lowest BCUT2D eigenvalue weighted by Gasteiger charge is -2.19. The van der Waals surface area contributed by atoms with E-state index in [2.05, 4.69) is 6.54 Å². The minimum absolute atomic E-state index is 0.128. The lowest BCUT2D eigenvalue weighted by Crippen LogP contribution is -2.26. The third kappa shape index (κ3) is 2.31. The Hall–Kier alpha value is -1.55. The number of rotatable bonds is 2. The van der Waals surface area contributed by atoms with Gasteiger partial charge in [-0.2, -0.15) is 0 Å². The molecule has 2 radical (unpaired) electrons. The van der Waals surface area contributed by atoms with Crippen LogP contribution in [0.5, 0.6) is 5.75 Å². The second-order valence-corrected chi connectivity index (χ2v) is 5.78. The maximum atomic E-state index is 14.2. The van der Waals surface area contributed by atoms with Crippen LogP contribution in [0.3, 0.4) is 0 Å². The number of methoxy groups -OCH3 is 1. The second kappa shape index (κ2) is 5.34. The number of anilines is 1. The summed E-state index contributed by atoms with van der Waals surface area (Å²) in [5.74, 6) is -0.230. The molecule has 110 valence electrons. The Bertz CT molecular complexity index is 641. The maximum absolute atomic E-state index is 14.2. The zero-order valence-corrected chi connectivity index (χ0v) is 12.6. The van der Waals surface area contributed by atoms with E-state index in [0.29, 0.717) is 5.75 Å². The predicted molar refractivity (Wildman–Crippen MR) is 78.7 cm³/mol. The van der Waals surface area contributed by atoms with Crippen LogP contribution in [0.25, 0.3) is 0 Å². The van der Waals surface area contributed by atoms with Gasteiger partial charge in [0.2, 0.25) is 0 Å². The van der Waals surface area contributed by atoms with Crippen molar-refractivity contribution in [1.82, 2.24) is 0 Å². The summed E-state index contributed by atoms with van der Waals surface area (Å²) in [5, 5.41) is 0.177. The monoisotopic (exact) mass is 307 g/mol. The van der Waals surface area contributed by atoms with E-state index in [1.54, 1.807) is 0 Å². The smallest absolute Gasteiger partial charge is 0.255 e. The summed E-state index contributed by atoms with van der Waals surface area (Å²) in [6.07, 6.45) is 2.82. The molecular formula is C16H15ClFNO2. The van der Waals surface area contributed by atoms with Gasteiger partial charge < -0.3 is 4.74 Å². The van der Waals surface area contributed by atoms with Gasteiger partial charge in [0, 0.05) is 11.6 Å². The van der Waals surface area contributed by atoms with Crippen LogP contribution in [0.4, 0.5) is 10.1 Å². The first-order valence-corrected chi connectivity index (χ1v) is 7.28. The van der Waals surface area contributed by atoms with E-state index in [1.807, 2.05) is 6.92 Å². The average Bonchev–Trinajstić information content (AvgIpc) is 2.78. The van der Waals surface area contributed by atoms with Crippen molar-refractivity contribution in [2.45, 2.75) is 26.2 Å². The summed E-state index contributed by atoms with van der Waals surface area (Å²) in [6, 6.07) is 2.59. The first-order chi connectivity index (χ1) is 10.0. The number of nitrogens with zero attached hydrogens (tertiary/aromatic N) is 1. The largest absolute Gasteiger partial charge is 0.495 e. The Morgan fingerprint density at radius 3 is 2.90 bits per heavy atom. The van der Waals surface area contributed by atoms with Gasteiger partial charge in [0.15, 0.2) is 0 Å². The number of benzene rings is 1. The van der Waals surface area contributed by atoms with Gasteiger partial charge in [-0.1, -0.05) is 18.5 Å². The summed E-state index contributed by atoms with van der Waals surface area (Å²) in [7, 11) is 1.45. The molecule has 0 aromatic heterocycles. The van der Waals surface area contributed by atoms with Gasteiger partial charge in [-0.3, -0.25) is 9.69 Å². The van der Waals surface area contributed by atoms with E-state index in [1.165, 1.54) is 18.1 Å². The minimum atomic E-state index is -0.561. The van der Waals surface area contributed by atoms with Crippen molar-refractivity contribution < 1.29 is 13.9 Å². The van der Waals surface area contributed by atoms with Crippen molar-refractivity contribution in [2.75, 3.05) is 12.0 Å². The van der Waals surface area contributed by atoms with E-state index >= 15 is 0 Å². The van der Waals surface area contributed by atoms with E-state index < -0.39 is 5.82 Å². The van der Waals surface area contributed by atoms with Crippen molar-refractivity contribution in [2.24, 2.45) is 5.92 Å². The van der Waals surface area contributed by atoms with Crippen LogP contribution in [-0.2, 0) is 4.79 Å². The number of halogens is 2. The molecule has 1 aromatic rings. The molecule has 1 aromatic carbocycles. The standard InChI is InChI=1S/C16H15ClFNO2/c1-9-4-3-5-10-8-19(16(20)15(9)10)13-7-14(21-2)11(17)6-12(13)18/h6-7,9H,3-5H2,1-2H3. The highest BCUT2D eigenvalue weighted by molar-refractivity contribution is 6.32. The number of ether oxygens (including phenoxy) is 1. The van der Waals surface area contributed by atoms with Crippen molar-refractivity contribution in [3.8, 4) is 5.75 Å². The first-order valence-electron chi connectivity index (χ1n) is 6.90. The Kier molecular flexibility index (Phi) is 3.66. The zero-order valence-electron chi connectivity index (χ0n) is 11.9. The number of carbonyl (C=O) groups is 1. The maximum Gasteiger partial charge on any atom is 0.255 e. The number of hydrogen-bond acceptors (Lipinski definition) is 2. The molecule has 3 rings (SSSR count). The highest BCUT2D eigenvalue weighted by Gasteiger charge is 2.38. The Morgan fingerprint density at radius 1 is 1.48 bits per heavy atom. The lowest BCUT2D eigenvalue weighted by molar-refractivity contribution is -0.114. The van der Waals surface area contributed by atoms with Gasteiger partial charge in [-0.15, -0.1) is 0 Å². The van der Waals surface area contributed by atoms with Gasteiger partial charge in [-0.25, -0.2) is 4.39 Å². The van der Waals surface area contributed by atoms with E-state index in [9.17, 15) is 9.18 Å². The molecule has 2 aliphatic rings. The quantitative estimate of drug-likeness (QED) is 0.827. The third-order valence-electron chi connectivity index (χ3n) is 4.02. The molecule has 1 heterocycles. The van der Waals surface area contributed by atoms with Crippen LogP contribution in [0, 0.1) is 18.3 Å². The Morgan fingerprint density at radius 2 is 2.24 bits per heavy atom. The molecule has 1 aliphatic carbocycles. The van der Waals surface area contributed by atoms with Crippen LogP contribution in [-0.4, -0.2) is 13.0 Å². The molecule has 0 fully saturated rings. The van der Waals surface area contributed by atoms with Gasteiger partial charge >= 0.3 is 0 Å². The fraction of sp³-hybridized carbons (Fsp3) is 0.375. The Labute approximate surface area is 128 Å². The molecule has 1 unspecified atom stereocenters. The predicted octanol–water partition coefficient (Wildman–Crippen LogP) is 3.99. The van der Waals surface area contributed by atoms with Crippen molar-refractivity contribution in [3.05, 3.63) is 40.7 Å². The second-order valence-electron chi connectivity index (χ2n) is 5.38. The molecule has 1 amide bonds. The van der Waals surface area contributed by atoms with Crippen molar-refractivity contribution in [1.29, 1.82) is 0 Å². The number of hydrogen-bond donors (Lipinski definition) is 0. The van der Waals surface area contributed by atoms with Gasteiger partial charge in [0.05, 0.1) is 17.8 Å². The van der Waals surface area contributed by atoms with Crippen molar-refractivity contribution in [3.63, 3.8) is 0 Å². The van der Waals surface area contributed by atoms with Crippen LogP contribution in [0.1, 0.15) is 26.2 Å². The molecule has 0 spiro atoms. The highest BCUT2D eigenvalue weighted by Crippen LogP contribution is 2.42. The summed E-state index contributed by atoms with van der Waals surface area (Å²) in [6.45, 7) is 5.05. The minimum Gasteiger partial charge on any atom is -0.495 e. The van der Waals surface area contributed by atoms with E-state index in [0.717, 1.165) is 36.5 Å². The molecule has 3 nitrogen and oxygen atoms in total. The molecule has 0 bridgehead atoms. The fourth-order valence-electron chi connectivity index (χ4n) is 2.94. The first kappa shape index (κ1) is 14.4. The van der Waals surface area contributed by atoms with Gasteiger partial charge in [-0.05, 0) is 36.8 Å². The van der Waals surface area contributed by atoms with Crippen molar-refractivity contribution >= 4 is 23.2 Å². The molecule has 0 saturated carbocycles. The van der Waals surface area contributed by atoms with Gasteiger partial charge in [0.25, 0.3) is 5.91 Å². The number of amides is 1. The van der Waals surface area contributed by atoms with Crippen LogP contribution >= 0.6 is 11.6 Å². The summed E-state index contributed by atoms with van der Waals surface area (Å²) in [5.41, 5.74) is 1.78. The topological polar surface area (TPSA) is 29.5 Å².